The molecule has 0 amide bonds. The Bertz CT molecular complexity index is 766. The number of anilines is 1. The van der Waals surface area contributed by atoms with E-state index in [9.17, 15) is 9.90 Å². The van der Waals surface area contributed by atoms with E-state index >= 15 is 0 Å². The van der Waals surface area contributed by atoms with Gasteiger partial charge in [-0.05, 0) is 43.0 Å². The number of carboxylic acids is 1. The van der Waals surface area contributed by atoms with E-state index in [-0.39, 0.29) is 17.4 Å². The van der Waals surface area contributed by atoms with Crippen LogP contribution in [-0.4, -0.2) is 49.1 Å². The molecule has 0 spiro atoms. The number of hydrogen-bond donors (Lipinski definition) is 1. The lowest BCUT2D eigenvalue weighted by Crippen LogP contribution is -2.44. The van der Waals surface area contributed by atoms with Crippen LogP contribution in [0.3, 0.4) is 0 Å². The molecule has 132 valence electrons. The Morgan fingerprint density at radius 2 is 2.08 bits per heavy atom. The molecule has 2 aromatic rings. The van der Waals surface area contributed by atoms with Crippen molar-refractivity contribution in [3.63, 3.8) is 0 Å². The zero-order valence-corrected chi connectivity index (χ0v) is 14.0. The molecule has 7 heteroatoms. The van der Waals surface area contributed by atoms with Gasteiger partial charge in [-0.1, -0.05) is 5.16 Å². The lowest BCUT2D eigenvalue weighted by molar-refractivity contribution is 0.0258. The Labute approximate surface area is 145 Å². The molecular weight excluding hydrogens is 324 g/mol. The normalized spacial score (nSPS) is 20.5. The number of morpholine rings is 1. The number of ether oxygens (including phenoxy) is 2. The molecule has 25 heavy (non-hydrogen) atoms. The van der Waals surface area contributed by atoms with Crippen LogP contribution in [0.5, 0.6) is 5.75 Å². The first-order valence-electron chi connectivity index (χ1n) is 8.41. The maximum atomic E-state index is 11.9. The first-order valence-corrected chi connectivity index (χ1v) is 8.41. The van der Waals surface area contributed by atoms with Crippen molar-refractivity contribution in [2.24, 2.45) is 5.92 Å². The molecular formula is C18H20N2O5. The van der Waals surface area contributed by atoms with Gasteiger partial charge in [0, 0.05) is 18.7 Å². The van der Waals surface area contributed by atoms with E-state index in [4.69, 9.17) is 14.0 Å². The minimum atomic E-state index is -1.04. The number of aromatic carboxylic acids is 1. The SMILES string of the molecule is COc1ccc(-c2onc(N3CCOC(C4CC4)C3)c2C(=O)O)cc1. The number of nitrogens with zero attached hydrogens (tertiary/aromatic N) is 2. The van der Waals surface area contributed by atoms with Crippen molar-refractivity contribution in [3.8, 4) is 17.1 Å². The Balaban J connectivity index is 1.66. The third kappa shape index (κ3) is 3.07. The monoisotopic (exact) mass is 344 g/mol. The number of carboxylic acid groups (broad SMARTS) is 1. The van der Waals surface area contributed by atoms with Gasteiger partial charge in [0.15, 0.2) is 17.1 Å². The number of benzene rings is 1. The summed E-state index contributed by atoms with van der Waals surface area (Å²) in [6, 6.07) is 7.06. The number of carbonyl (C=O) groups is 1. The standard InChI is InChI=1S/C18H20N2O5/c1-23-13-6-4-12(5-7-13)16-15(18(21)22)17(19-25-16)20-8-9-24-14(10-20)11-2-3-11/h4-7,11,14H,2-3,8-10H2,1H3,(H,21,22). The van der Waals surface area contributed by atoms with Crippen molar-refractivity contribution in [3.05, 3.63) is 29.8 Å². The second-order valence-corrected chi connectivity index (χ2v) is 6.44. The first-order chi connectivity index (χ1) is 12.2. The highest BCUT2D eigenvalue weighted by molar-refractivity contribution is 5.99. The molecule has 1 atom stereocenters. The zero-order valence-electron chi connectivity index (χ0n) is 14.0. The fourth-order valence-corrected chi connectivity index (χ4v) is 3.25. The van der Waals surface area contributed by atoms with Crippen molar-refractivity contribution < 1.29 is 23.9 Å². The fraction of sp³-hybridized carbons (Fsp3) is 0.444. The van der Waals surface area contributed by atoms with E-state index in [1.54, 1.807) is 31.4 Å². The lowest BCUT2D eigenvalue weighted by atomic mass is 10.1. The maximum absolute atomic E-state index is 11.9. The van der Waals surface area contributed by atoms with E-state index in [2.05, 4.69) is 5.16 Å². The van der Waals surface area contributed by atoms with Gasteiger partial charge in [-0.2, -0.15) is 0 Å². The lowest BCUT2D eigenvalue weighted by Gasteiger charge is -2.33. The molecule has 2 fully saturated rings. The molecule has 4 rings (SSSR count). The van der Waals surface area contributed by atoms with Crippen LogP contribution in [0.15, 0.2) is 28.8 Å². The predicted molar refractivity (Wildman–Crippen MR) is 90.1 cm³/mol. The molecule has 1 aromatic carbocycles. The quantitative estimate of drug-likeness (QED) is 0.892. The Kier molecular flexibility index (Phi) is 4.09. The number of aromatic nitrogens is 1. The van der Waals surface area contributed by atoms with Crippen LogP contribution in [-0.2, 0) is 4.74 Å². The molecule has 1 N–H and O–H groups in total. The molecule has 1 aliphatic carbocycles. The van der Waals surface area contributed by atoms with Crippen molar-refractivity contribution in [2.45, 2.75) is 18.9 Å². The summed E-state index contributed by atoms with van der Waals surface area (Å²) in [4.78, 5) is 13.9. The molecule has 2 aliphatic rings. The molecule has 1 saturated carbocycles. The van der Waals surface area contributed by atoms with Crippen molar-refractivity contribution in [1.82, 2.24) is 5.16 Å². The van der Waals surface area contributed by atoms with Gasteiger partial charge in [-0.3, -0.25) is 0 Å². The average Bonchev–Trinajstić information content (AvgIpc) is 3.40. The Morgan fingerprint density at radius 1 is 1.32 bits per heavy atom. The van der Waals surface area contributed by atoms with Crippen LogP contribution in [0.1, 0.15) is 23.2 Å². The molecule has 1 aliphatic heterocycles. The van der Waals surface area contributed by atoms with Gasteiger partial charge < -0.3 is 24.0 Å². The van der Waals surface area contributed by atoms with Gasteiger partial charge in [0.1, 0.15) is 5.75 Å². The summed E-state index contributed by atoms with van der Waals surface area (Å²) < 4.78 is 16.4. The Morgan fingerprint density at radius 3 is 2.72 bits per heavy atom. The van der Waals surface area contributed by atoms with Crippen molar-refractivity contribution >= 4 is 11.8 Å². The molecule has 7 nitrogen and oxygen atoms in total. The van der Waals surface area contributed by atoms with Crippen molar-refractivity contribution in [1.29, 1.82) is 0 Å². The molecule has 0 radical (unpaired) electrons. The van der Waals surface area contributed by atoms with Crippen molar-refractivity contribution in [2.75, 3.05) is 31.7 Å². The summed E-state index contributed by atoms with van der Waals surface area (Å²) in [5.74, 6) is 0.883. The smallest absolute Gasteiger partial charge is 0.343 e. The van der Waals surface area contributed by atoms with E-state index in [1.807, 2.05) is 4.90 Å². The summed E-state index contributed by atoms with van der Waals surface area (Å²) in [6.45, 7) is 1.84. The highest BCUT2D eigenvalue weighted by Gasteiger charge is 2.37. The Hall–Kier alpha value is -2.54. The van der Waals surface area contributed by atoms with Crippen LogP contribution < -0.4 is 9.64 Å². The number of rotatable bonds is 5. The second-order valence-electron chi connectivity index (χ2n) is 6.44. The van der Waals surface area contributed by atoms with Gasteiger partial charge in [-0.15, -0.1) is 0 Å². The minimum Gasteiger partial charge on any atom is -0.497 e. The summed E-state index contributed by atoms with van der Waals surface area (Å²) >= 11 is 0. The van der Waals surface area contributed by atoms with Gasteiger partial charge in [0.25, 0.3) is 0 Å². The molecule has 0 bridgehead atoms. The molecule has 2 heterocycles. The maximum Gasteiger partial charge on any atom is 0.343 e. The third-order valence-corrected chi connectivity index (χ3v) is 4.78. The summed E-state index contributed by atoms with van der Waals surface area (Å²) in [5.41, 5.74) is 0.755. The highest BCUT2D eigenvalue weighted by Crippen LogP contribution is 2.38. The summed E-state index contributed by atoms with van der Waals surface area (Å²) in [6.07, 6.45) is 2.51. The van der Waals surface area contributed by atoms with Gasteiger partial charge in [0.05, 0.1) is 19.8 Å². The third-order valence-electron chi connectivity index (χ3n) is 4.78. The van der Waals surface area contributed by atoms with Crippen LogP contribution in [0.4, 0.5) is 5.82 Å². The minimum absolute atomic E-state index is 0.0987. The zero-order chi connectivity index (χ0) is 17.4. The average molecular weight is 344 g/mol. The highest BCUT2D eigenvalue weighted by atomic mass is 16.5. The number of methoxy groups -OCH3 is 1. The molecule has 1 saturated heterocycles. The van der Waals surface area contributed by atoms with Gasteiger partial charge in [-0.25, -0.2) is 4.79 Å². The van der Waals surface area contributed by atoms with E-state index < -0.39 is 5.97 Å². The van der Waals surface area contributed by atoms with Crippen LogP contribution >= 0.6 is 0 Å². The summed E-state index contributed by atoms with van der Waals surface area (Å²) in [5, 5.41) is 13.8. The summed E-state index contributed by atoms with van der Waals surface area (Å²) in [7, 11) is 1.58. The van der Waals surface area contributed by atoms with Crippen LogP contribution in [0.25, 0.3) is 11.3 Å². The topological polar surface area (TPSA) is 85.0 Å². The predicted octanol–water partition coefficient (Wildman–Crippen LogP) is 2.66. The second kappa shape index (κ2) is 6.40. The molecule has 1 unspecified atom stereocenters. The van der Waals surface area contributed by atoms with E-state index in [0.717, 1.165) is 0 Å². The number of hydrogen-bond acceptors (Lipinski definition) is 6. The van der Waals surface area contributed by atoms with Gasteiger partial charge in [0.2, 0.25) is 0 Å². The fourth-order valence-electron chi connectivity index (χ4n) is 3.25. The molecule has 1 aromatic heterocycles. The van der Waals surface area contributed by atoms with Crippen LogP contribution in [0.2, 0.25) is 0 Å². The first kappa shape index (κ1) is 16.0. The van der Waals surface area contributed by atoms with Crippen LogP contribution in [0, 0.1) is 5.92 Å². The van der Waals surface area contributed by atoms with E-state index in [1.165, 1.54) is 12.8 Å². The largest absolute Gasteiger partial charge is 0.497 e. The van der Waals surface area contributed by atoms with Gasteiger partial charge >= 0.3 is 5.97 Å². The van der Waals surface area contributed by atoms with E-state index in [0.29, 0.717) is 42.7 Å².